The Morgan fingerprint density at radius 1 is 1.64 bits per heavy atom. The third kappa shape index (κ3) is 1.03. The molecule has 2 unspecified atom stereocenters. The quantitative estimate of drug-likeness (QED) is 0.554. The first kappa shape index (κ1) is 7.66. The van der Waals surface area contributed by atoms with Gasteiger partial charge in [-0.1, -0.05) is 6.92 Å². The van der Waals surface area contributed by atoms with Gasteiger partial charge in [-0.15, -0.1) is 0 Å². The second kappa shape index (κ2) is 2.51. The zero-order valence-corrected chi connectivity index (χ0v) is 7.75. The molecule has 1 aliphatic heterocycles. The number of hydrogen-bond acceptors (Lipinski definition) is 2. The monoisotopic (exact) mass is 170 g/mol. The van der Waals surface area contributed by atoms with Crippen LogP contribution >= 0.6 is 11.8 Å². The molecule has 2 fully saturated rings. The fourth-order valence-corrected chi connectivity index (χ4v) is 3.78. The van der Waals surface area contributed by atoms with E-state index in [1.54, 1.807) is 0 Å². The Morgan fingerprint density at radius 2 is 2.45 bits per heavy atom. The van der Waals surface area contributed by atoms with E-state index in [2.05, 4.69) is 6.92 Å². The van der Waals surface area contributed by atoms with Crippen LogP contribution in [0.3, 0.4) is 0 Å². The Kier molecular flexibility index (Phi) is 1.75. The summed E-state index contributed by atoms with van der Waals surface area (Å²) in [6.45, 7) is 2.17. The Balaban J connectivity index is 2.23. The summed E-state index contributed by atoms with van der Waals surface area (Å²) in [6.07, 6.45) is 4.36. The predicted molar refractivity (Wildman–Crippen MR) is 47.8 cm³/mol. The second-order valence-corrected chi connectivity index (χ2v) is 5.15. The van der Waals surface area contributed by atoms with Gasteiger partial charge in [-0.25, -0.2) is 0 Å². The average molecular weight is 170 g/mol. The van der Waals surface area contributed by atoms with Crippen LogP contribution in [0.1, 0.15) is 32.6 Å². The molecule has 0 radical (unpaired) electrons. The summed E-state index contributed by atoms with van der Waals surface area (Å²) in [5.41, 5.74) is 0.0723. The normalized spacial score (nSPS) is 44.1. The third-order valence-corrected chi connectivity index (χ3v) is 4.82. The van der Waals surface area contributed by atoms with Crippen molar-refractivity contribution in [3.05, 3.63) is 0 Å². The van der Waals surface area contributed by atoms with E-state index >= 15 is 0 Å². The van der Waals surface area contributed by atoms with Gasteiger partial charge < -0.3 is 0 Å². The van der Waals surface area contributed by atoms with Crippen molar-refractivity contribution in [3.8, 4) is 0 Å². The Hall–Kier alpha value is 0.0200. The van der Waals surface area contributed by atoms with E-state index in [1.165, 1.54) is 12.2 Å². The molecule has 1 aliphatic carbocycles. The molecule has 1 saturated heterocycles. The highest BCUT2D eigenvalue weighted by atomic mass is 32.2. The molecule has 2 aliphatic rings. The lowest BCUT2D eigenvalue weighted by molar-refractivity contribution is -0.125. The maximum atomic E-state index is 11.5. The van der Waals surface area contributed by atoms with Crippen molar-refractivity contribution in [3.63, 3.8) is 0 Å². The molecule has 1 nitrogen and oxygen atoms in total. The molecule has 0 amide bonds. The van der Waals surface area contributed by atoms with E-state index in [0.29, 0.717) is 11.0 Å². The number of thioether (sulfide) groups is 1. The lowest BCUT2D eigenvalue weighted by Crippen LogP contribution is -2.34. The highest BCUT2D eigenvalue weighted by Gasteiger charge is 2.47. The number of Topliss-reactive ketones (excluding diaryl/α,β-unsaturated/α-hetero) is 1. The Morgan fingerprint density at radius 3 is 3.18 bits per heavy atom. The highest BCUT2D eigenvalue weighted by molar-refractivity contribution is 8.00. The molecular weight excluding hydrogens is 156 g/mol. The van der Waals surface area contributed by atoms with E-state index in [0.717, 1.165) is 19.3 Å². The molecule has 0 spiro atoms. The minimum atomic E-state index is 0.0723. The maximum absolute atomic E-state index is 11.5. The Labute approximate surface area is 71.9 Å². The molecule has 62 valence electrons. The van der Waals surface area contributed by atoms with Gasteiger partial charge in [-0.2, -0.15) is 11.8 Å². The maximum Gasteiger partial charge on any atom is 0.139 e. The highest BCUT2D eigenvalue weighted by Crippen LogP contribution is 2.48. The molecule has 11 heavy (non-hydrogen) atoms. The predicted octanol–water partition coefficient (Wildman–Crippen LogP) is 2.25. The van der Waals surface area contributed by atoms with Crippen molar-refractivity contribution >= 4 is 17.5 Å². The topological polar surface area (TPSA) is 17.1 Å². The smallest absolute Gasteiger partial charge is 0.139 e. The first-order valence-corrected chi connectivity index (χ1v) is 5.43. The third-order valence-electron chi connectivity index (χ3n) is 3.14. The number of fused-ring (bicyclic) bond motifs is 1. The number of ketones is 1. The summed E-state index contributed by atoms with van der Waals surface area (Å²) in [5, 5.41) is 0.656. The fraction of sp³-hybridized carbons (Fsp3) is 0.889. The SMILES string of the molecule is CC12CCCSC1CCC2=O. The molecule has 0 aromatic carbocycles. The number of carbonyl (C=O) groups is 1. The largest absolute Gasteiger partial charge is 0.299 e. The van der Waals surface area contributed by atoms with Gasteiger partial charge in [0, 0.05) is 17.1 Å². The first-order valence-electron chi connectivity index (χ1n) is 4.38. The van der Waals surface area contributed by atoms with Crippen molar-refractivity contribution in [2.24, 2.45) is 5.41 Å². The van der Waals surface area contributed by atoms with Crippen LogP contribution < -0.4 is 0 Å². The van der Waals surface area contributed by atoms with Crippen LogP contribution in [-0.4, -0.2) is 16.8 Å². The van der Waals surface area contributed by atoms with E-state index in [1.807, 2.05) is 11.8 Å². The van der Waals surface area contributed by atoms with Gasteiger partial charge in [-0.05, 0) is 25.0 Å². The fourth-order valence-electron chi connectivity index (χ4n) is 2.28. The zero-order chi connectivity index (χ0) is 7.90. The molecule has 0 bridgehead atoms. The van der Waals surface area contributed by atoms with E-state index in [-0.39, 0.29) is 5.41 Å². The van der Waals surface area contributed by atoms with Crippen molar-refractivity contribution in [2.45, 2.75) is 37.9 Å². The summed E-state index contributed by atoms with van der Waals surface area (Å²) >= 11 is 2.02. The lowest BCUT2D eigenvalue weighted by Gasteiger charge is -2.33. The molecular formula is C9H14OS. The van der Waals surface area contributed by atoms with Gasteiger partial charge >= 0.3 is 0 Å². The minimum absolute atomic E-state index is 0.0723. The number of hydrogen-bond donors (Lipinski definition) is 0. The van der Waals surface area contributed by atoms with Crippen molar-refractivity contribution in [1.29, 1.82) is 0 Å². The summed E-state index contributed by atoms with van der Waals surface area (Å²) in [4.78, 5) is 11.5. The molecule has 0 aromatic heterocycles. The lowest BCUT2D eigenvalue weighted by atomic mass is 9.82. The second-order valence-electron chi connectivity index (χ2n) is 3.84. The average Bonchev–Trinajstić information content (AvgIpc) is 2.29. The molecule has 0 aromatic rings. The van der Waals surface area contributed by atoms with Gasteiger partial charge in [0.05, 0.1) is 0 Å². The van der Waals surface area contributed by atoms with Crippen LogP contribution in [0.15, 0.2) is 0 Å². The zero-order valence-electron chi connectivity index (χ0n) is 6.93. The minimum Gasteiger partial charge on any atom is -0.299 e. The van der Waals surface area contributed by atoms with E-state index in [9.17, 15) is 4.79 Å². The van der Waals surface area contributed by atoms with Crippen LogP contribution in [0.5, 0.6) is 0 Å². The van der Waals surface area contributed by atoms with Gasteiger partial charge in [0.2, 0.25) is 0 Å². The van der Waals surface area contributed by atoms with Gasteiger partial charge in [0.15, 0.2) is 0 Å². The van der Waals surface area contributed by atoms with Crippen LogP contribution in [-0.2, 0) is 4.79 Å². The number of rotatable bonds is 0. The first-order chi connectivity index (χ1) is 5.23. The molecule has 2 atom stereocenters. The molecule has 1 saturated carbocycles. The summed E-state index contributed by atoms with van der Waals surface area (Å²) in [6, 6.07) is 0. The van der Waals surface area contributed by atoms with Crippen LogP contribution in [0.4, 0.5) is 0 Å². The van der Waals surface area contributed by atoms with Crippen molar-refractivity contribution in [1.82, 2.24) is 0 Å². The molecule has 1 heterocycles. The standard InChI is InChI=1S/C9H14OS/c1-9-5-2-6-11-8(9)4-3-7(9)10/h8H,2-6H2,1H3. The number of carbonyl (C=O) groups excluding carboxylic acids is 1. The van der Waals surface area contributed by atoms with Crippen LogP contribution in [0, 0.1) is 5.41 Å². The van der Waals surface area contributed by atoms with Crippen LogP contribution in [0.25, 0.3) is 0 Å². The molecule has 2 rings (SSSR count). The van der Waals surface area contributed by atoms with E-state index < -0.39 is 0 Å². The van der Waals surface area contributed by atoms with Crippen molar-refractivity contribution in [2.75, 3.05) is 5.75 Å². The van der Waals surface area contributed by atoms with Gasteiger partial charge in [0.1, 0.15) is 5.78 Å². The summed E-state index contributed by atoms with van der Waals surface area (Å²) < 4.78 is 0. The summed E-state index contributed by atoms with van der Waals surface area (Å²) in [5.74, 6) is 1.79. The van der Waals surface area contributed by atoms with Crippen LogP contribution in [0.2, 0.25) is 0 Å². The van der Waals surface area contributed by atoms with Gasteiger partial charge in [-0.3, -0.25) is 4.79 Å². The Bertz CT molecular complexity index is 190. The molecule has 2 heteroatoms. The summed E-state index contributed by atoms with van der Waals surface area (Å²) in [7, 11) is 0. The van der Waals surface area contributed by atoms with Crippen molar-refractivity contribution < 1.29 is 4.79 Å². The van der Waals surface area contributed by atoms with Gasteiger partial charge in [0.25, 0.3) is 0 Å². The molecule has 0 N–H and O–H groups in total. The van der Waals surface area contributed by atoms with E-state index in [4.69, 9.17) is 0 Å².